The predicted molar refractivity (Wildman–Crippen MR) is 79.1 cm³/mol. The zero-order chi connectivity index (χ0) is 13.7. The van der Waals surface area contributed by atoms with Crippen LogP contribution in [0.2, 0.25) is 0 Å². The van der Waals surface area contributed by atoms with Crippen molar-refractivity contribution in [2.24, 2.45) is 5.41 Å². The first-order valence-corrected chi connectivity index (χ1v) is 8.24. The molecule has 0 heterocycles. The molecule has 0 radical (unpaired) electrons. The molecule has 2 aliphatic rings. The van der Waals surface area contributed by atoms with Crippen LogP contribution in [0.3, 0.4) is 0 Å². The number of hydrogen-bond donors (Lipinski definition) is 2. The maximum absolute atomic E-state index is 12.5. The van der Waals surface area contributed by atoms with Crippen LogP contribution in [0.15, 0.2) is 0 Å². The van der Waals surface area contributed by atoms with Gasteiger partial charge in [0.2, 0.25) is 5.91 Å². The number of amides is 1. The number of nitrogens with one attached hydrogen (secondary N) is 2. The standard InChI is InChI=1S/C16H30N2O/c1-3-16(11-5-6-12-16)15(19)18-14-9-7-13(8-10-14)17-4-2/h13-14,17H,3-12H2,1-2H3,(H,18,19). The molecule has 2 aliphatic carbocycles. The van der Waals surface area contributed by atoms with E-state index in [2.05, 4.69) is 24.5 Å². The first-order valence-electron chi connectivity index (χ1n) is 8.24. The van der Waals surface area contributed by atoms with Crippen LogP contribution in [-0.2, 0) is 4.79 Å². The van der Waals surface area contributed by atoms with Gasteiger partial charge in [-0.15, -0.1) is 0 Å². The monoisotopic (exact) mass is 266 g/mol. The summed E-state index contributed by atoms with van der Waals surface area (Å²) in [6.45, 7) is 5.40. The van der Waals surface area contributed by atoms with Gasteiger partial charge in [-0.2, -0.15) is 0 Å². The Kier molecular flexibility index (Phi) is 5.26. The highest BCUT2D eigenvalue weighted by molar-refractivity contribution is 5.83. The van der Waals surface area contributed by atoms with Crippen LogP contribution in [0.4, 0.5) is 0 Å². The van der Waals surface area contributed by atoms with E-state index in [0.29, 0.717) is 18.0 Å². The topological polar surface area (TPSA) is 41.1 Å². The summed E-state index contributed by atoms with van der Waals surface area (Å²) >= 11 is 0. The summed E-state index contributed by atoms with van der Waals surface area (Å²) in [6, 6.07) is 1.09. The van der Waals surface area contributed by atoms with Crippen LogP contribution in [0, 0.1) is 5.41 Å². The van der Waals surface area contributed by atoms with E-state index in [-0.39, 0.29) is 5.41 Å². The van der Waals surface area contributed by atoms with Crippen molar-refractivity contribution in [1.29, 1.82) is 0 Å². The van der Waals surface area contributed by atoms with E-state index >= 15 is 0 Å². The van der Waals surface area contributed by atoms with Gasteiger partial charge in [0, 0.05) is 17.5 Å². The quantitative estimate of drug-likeness (QED) is 0.803. The van der Waals surface area contributed by atoms with Crippen molar-refractivity contribution in [2.75, 3.05) is 6.54 Å². The molecule has 0 aromatic carbocycles. The normalized spacial score (nSPS) is 30.2. The fraction of sp³-hybridized carbons (Fsp3) is 0.938. The van der Waals surface area contributed by atoms with Crippen LogP contribution in [-0.4, -0.2) is 24.5 Å². The number of carbonyl (C=O) groups excluding carboxylic acids is 1. The Labute approximate surface area is 117 Å². The Hall–Kier alpha value is -0.570. The highest BCUT2D eigenvalue weighted by atomic mass is 16.2. The Balaban J connectivity index is 1.80. The smallest absolute Gasteiger partial charge is 0.226 e. The molecule has 0 unspecified atom stereocenters. The molecule has 2 N–H and O–H groups in total. The van der Waals surface area contributed by atoms with Gasteiger partial charge in [-0.1, -0.05) is 26.7 Å². The molecule has 1 amide bonds. The van der Waals surface area contributed by atoms with Gasteiger partial charge in [0.05, 0.1) is 0 Å². The summed E-state index contributed by atoms with van der Waals surface area (Å²) in [5.74, 6) is 0.347. The van der Waals surface area contributed by atoms with Crippen LogP contribution in [0.25, 0.3) is 0 Å². The van der Waals surface area contributed by atoms with Gasteiger partial charge in [-0.3, -0.25) is 4.79 Å². The van der Waals surface area contributed by atoms with Crippen molar-refractivity contribution >= 4 is 5.91 Å². The minimum atomic E-state index is -0.0292. The number of carbonyl (C=O) groups is 1. The van der Waals surface area contributed by atoms with Crippen LogP contribution < -0.4 is 10.6 Å². The first-order chi connectivity index (χ1) is 9.20. The van der Waals surface area contributed by atoms with Gasteiger partial charge >= 0.3 is 0 Å². The second kappa shape index (κ2) is 6.74. The third-order valence-corrected chi connectivity index (χ3v) is 5.27. The molecule has 19 heavy (non-hydrogen) atoms. The summed E-state index contributed by atoms with van der Waals surface area (Å²) in [5, 5.41) is 6.87. The van der Waals surface area contributed by atoms with Crippen molar-refractivity contribution in [3.8, 4) is 0 Å². The van der Waals surface area contributed by atoms with Crippen LogP contribution >= 0.6 is 0 Å². The van der Waals surface area contributed by atoms with Crippen LogP contribution in [0.5, 0.6) is 0 Å². The van der Waals surface area contributed by atoms with E-state index < -0.39 is 0 Å². The molecular formula is C16H30N2O. The largest absolute Gasteiger partial charge is 0.353 e. The minimum Gasteiger partial charge on any atom is -0.353 e. The molecule has 0 aromatic rings. The predicted octanol–water partition coefficient (Wildman–Crippen LogP) is 2.99. The lowest BCUT2D eigenvalue weighted by Gasteiger charge is -2.33. The Morgan fingerprint density at radius 3 is 2.16 bits per heavy atom. The molecule has 110 valence electrons. The number of hydrogen-bond acceptors (Lipinski definition) is 2. The summed E-state index contributed by atoms with van der Waals surface area (Å²) in [4.78, 5) is 12.5. The second-order valence-corrected chi connectivity index (χ2v) is 6.42. The minimum absolute atomic E-state index is 0.0292. The van der Waals surface area contributed by atoms with E-state index in [0.717, 1.165) is 38.6 Å². The lowest BCUT2D eigenvalue weighted by molar-refractivity contribution is -0.132. The van der Waals surface area contributed by atoms with Gasteiger partial charge in [0.25, 0.3) is 0 Å². The molecule has 0 saturated heterocycles. The van der Waals surface area contributed by atoms with E-state index in [1.807, 2.05) is 0 Å². The molecule has 0 spiro atoms. The van der Waals surface area contributed by atoms with Crippen molar-refractivity contribution < 1.29 is 4.79 Å². The molecule has 0 aliphatic heterocycles. The molecule has 0 bridgehead atoms. The average Bonchev–Trinajstić information content (AvgIpc) is 2.91. The van der Waals surface area contributed by atoms with Gasteiger partial charge in [0.15, 0.2) is 0 Å². The number of rotatable bonds is 5. The molecule has 2 saturated carbocycles. The third kappa shape index (κ3) is 3.50. The second-order valence-electron chi connectivity index (χ2n) is 6.42. The van der Waals surface area contributed by atoms with Gasteiger partial charge in [-0.05, 0) is 51.5 Å². The fourth-order valence-corrected chi connectivity index (χ4v) is 3.86. The molecule has 2 fully saturated rings. The van der Waals surface area contributed by atoms with E-state index in [1.165, 1.54) is 25.7 Å². The van der Waals surface area contributed by atoms with Gasteiger partial charge < -0.3 is 10.6 Å². The molecule has 3 heteroatoms. The third-order valence-electron chi connectivity index (χ3n) is 5.27. The average molecular weight is 266 g/mol. The Morgan fingerprint density at radius 1 is 1.05 bits per heavy atom. The van der Waals surface area contributed by atoms with E-state index in [4.69, 9.17) is 0 Å². The van der Waals surface area contributed by atoms with E-state index in [9.17, 15) is 4.79 Å². The molecule has 0 aromatic heterocycles. The van der Waals surface area contributed by atoms with Crippen LogP contribution in [0.1, 0.15) is 71.6 Å². The van der Waals surface area contributed by atoms with E-state index in [1.54, 1.807) is 0 Å². The summed E-state index contributed by atoms with van der Waals surface area (Å²) in [6.07, 6.45) is 10.4. The lowest BCUT2D eigenvalue weighted by atomic mass is 9.81. The van der Waals surface area contributed by atoms with Gasteiger partial charge in [0.1, 0.15) is 0 Å². The Bertz CT molecular complexity index is 289. The first kappa shape index (κ1) is 14.8. The Morgan fingerprint density at radius 2 is 1.63 bits per heavy atom. The maximum atomic E-state index is 12.5. The maximum Gasteiger partial charge on any atom is 0.226 e. The summed E-state index contributed by atoms with van der Waals surface area (Å²) in [5.41, 5.74) is -0.0292. The summed E-state index contributed by atoms with van der Waals surface area (Å²) in [7, 11) is 0. The molecular weight excluding hydrogens is 236 g/mol. The molecule has 2 rings (SSSR count). The highest BCUT2D eigenvalue weighted by Crippen LogP contribution is 2.41. The highest BCUT2D eigenvalue weighted by Gasteiger charge is 2.40. The van der Waals surface area contributed by atoms with Gasteiger partial charge in [-0.25, -0.2) is 0 Å². The fourth-order valence-electron chi connectivity index (χ4n) is 3.86. The SMILES string of the molecule is CCNC1CCC(NC(=O)C2(CC)CCCC2)CC1. The van der Waals surface area contributed by atoms with Crippen molar-refractivity contribution in [3.63, 3.8) is 0 Å². The van der Waals surface area contributed by atoms with Crippen molar-refractivity contribution in [1.82, 2.24) is 10.6 Å². The zero-order valence-electron chi connectivity index (χ0n) is 12.6. The van der Waals surface area contributed by atoms with Crippen molar-refractivity contribution in [2.45, 2.75) is 83.7 Å². The van der Waals surface area contributed by atoms with Crippen molar-refractivity contribution in [3.05, 3.63) is 0 Å². The lowest BCUT2D eigenvalue weighted by Crippen LogP contribution is -2.47. The molecule has 3 nitrogen and oxygen atoms in total. The molecule has 0 atom stereocenters. The summed E-state index contributed by atoms with van der Waals surface area (Å²) < 4.78 is 0. The zero-order valence-corrected chi connectivity index (χ0v) is 12.6.